The largest absolute Gasteiger partial charge is 0.349 e. The molecule has 22 heavy (non-hydrogen) atoms. The molecule has 2 heterocycles. The molecule has 0 spiro atoms. The number of hydrogen-bond donors (Lipinski definition) is 0. The number of anilines is 1. The number of benzene rings is 2. The van der Waals surface area contributed by atoms with Crippen molar-refractivity contribution in [2.24, 2.45) is 0 Å². The van der Waals surface area contributed by atoms with Crippen molar-refractivity contribution in [3.8, 4) is 0 Å². The minimum atomic E-state index is -0.251. The summed E-state index contributed by atoms with van der Waals surface area (Å²) in [6.07, 6.45) is 3.77. The number of aromatic nitrogens is 2. The number of rotatable bonds is 2. The third-order valence-corrected chi connectivity index (χ3v) is 4.29. The summed E-state index contributed by atoms with van der Waals surface area (Å²) in [7, 11) is 0. The van der Waals surface area contributed by atoms with Crippen molar-refractivity contribution in [1.29, 1.82) is 0 Å². The van der Waals surface area contributed by atoms with Gasteiger partial charge in [-0.1, -0.05) is 30.3 Å². The van der Waals surface area contributed by atoms with E-state index in [1.807, 2.05) is 6.07 Å². The van der Waals surface area contributed by atoms with Gasteiger partial charge in [0.05, 0.1) is 11.6 Å². The van der Waals surface area contributed by atoms with Crippen molar-refractivity contribution >= 4 is 16.7 Å². The first-order valence-electron chi connectivity index (χ1n) is 7.55. The molecule has 4 heteroatoms. The molecule has 0 bridgehead atoms. The van der Waals surface area contributed by atoms with Crippen LogP contribution in [0.3, 0.4) is 0 Å². The van der Waals surface area contributed by atoms with Crippen molar-refractivity contribution in [2.75, 3.05) is 11.4 Å². The topological polar surface area (TPSA) is 29.0 Å². The molecule has 0 N–H and O–H groups in total. The minimum Gasteiger partial charge on any atom is -0.349 e. The van der Waals surface area contributed by atoms with Crippen LogP contribution in [0.2, 0.25) is 0 Å². The number of fused-ring (bicyclic) bond motifs is 1. The zero-order chi connectivity index (χ0) is 14.9. The predicted octanol–water partition coefficient (Wildman–Crippen LogP) is 4.11. The lowest BCUT2D eigenvalue weighted by molar-refractivity contribution is 0.629. The molecule has 1 aliphatic rings. The maximum atomic E-state index is 13.6. The predicted molar refractivity (Wildman–Crippen MR) is 85.3 cm³/mol. The molecule has 0 radical (unpaired) electrons. The zero-order valence-electron chi connectivity index (χ0n) is 12.1. The normalized spacial score (nSPS) is 18.0. The highest BCUT2D eigenvalue weighted by molar-refractivity contribution is 5.89. The fraction of sp³-hybridized carbons (Fsp3) is 0.222. The first kappa shape index (κ1) is 13.2. The summed E-state index contributed by atoms with van der Waals surface area (Å²) in [4.78, 5) is 11.0. The molecule has 3 nitrogen and oxygen atoms in total. The van der Waals surface area contributed by atoms with Crippen LogP contribution in [0.1, 0.15) is 24.4 Å². The highest BCUT2D eigenvalue weighted by Gasteiger charge is 2.28. The molecule has 0 aliphatic carbocycles. The highest BCUT2D eigenvalue weighted by atomic mass is 19.1. The van der Waals surface area contributed by atoms with Crippen molar-refractivity contribution in [3.63, 3.8) is 0 Å². The second-order valence-electron chi connectivity index (χ2n) is 5.62. The van der Waals surface area contributed by atoms with Gasteiger partial charge in [0.2, 0.25) is 0 Å². The van der Waals surface area contributed by atoms with E-state index in [1.54, 1.807) is 12.4 Å². The van der Waals surface area contributed by atoms with Crippen LogP contribution in [-0.4, -0.2) is 16.5 Å². The molecule has 1 aromatic heterocycles. The van der Waals surface area contributed by atoms with E-state index in [1.165, 1.54) is 17.7 Å². The van der Waals surface area contributed by atoms with Crippen LogP contribution in [0.25, 0.3) is 10.9 Å². The Kier molecular flexibility index (Phi) is 3.22. The fourth-order valence-corrected chi connectivity index (χ4v) is 3.29. The van der Waals surface area contributed by atoms with Gasteiger partial charge in [-0.05, 0) is 36.6 Å². The van der Waals surface area contributed by atoms with Crippen LogP contribution in [0.4, 0.5) is 10.2 Å². The average molecular weight is 293 g/mol. The van der Waals surface area contributed by atoms with Gasteiger partial charge in [0.15, 0.2) is 0 Å². The Labute approximate surface area is 128 Å². The van der Waals surface area contributed by atoms with Gasteiger partial charge in [-0.25, -0.2) is 14.4 Å². The lowest BCUT2D eigenvalue weighted by atomic mass is 10.0. The summed E-state index contributed by atoms with van der Waals surface area (Å²) in [5.74, 6) is 0.579. The first-order valence-corrected chi connectivity index (χ1v) is 7.55. The second-order valence-corrected chi connectivity index (χ2v) is 5.62. The van der Waals surface area contributed by atoms with Crippen LogP contribution in [0, 0.1) is 5.82 Å². The van der Waals surface area contributed by atoms with Crippen molar-refractivity contribution in [3.05, 3.63) is 66.2 Å². The standard InChI is InChI=1S/C18H16FN3/c19-14-8-9-16-15(11-14)18(21-12-20-16)22-10-4-7-17(22)13-5-2-1-3-6-13/h1-3,5-6,8-9,11-12,17H,4,7,10H2. The smallest absolute Gasteiger partial charge is 0.140 e. The Balaban J connectivity index is 1.82. The van der Waals surface area contributed by atoms with E-state index in [4.69, 9.17) is 0 Å². The molecule has 1 aliphatic heterocycles. The van der Waals surface area contributed by atoms with Crippen LogP contribution < -0.4 is 4.90 Å². The van der Waals surface area contributed by atoms with Gasteiger partial charge >= 0.3 is 0 Å². The summed E-state index contributed by atoms with van der Waals surface area (Å²) >= 11 is 0. The maximum Gasteiger partial charge on any atom is 0.140 e. The minimum absolute atomic E-state index is 0.251. The lowest BCUT2D eigenvalue weighted by Gasteiger charge is -2.27. The van der Waals surface area contributed by atoms with Crippen LogP contribution >= 0.6 is 0 Å². The second kappa shape index (κ2) is 5.37. The first-order chi connectivity index (χ1) is 10.8. The summed E-state index contributed by atoms with van der Waals surface area (Å²) < 4.78 is 13.6. The zero-order valence-corrected chi connectivity index (χ0v) is 12.1. The number of hydrogen-bond acceptors (Lipinski definition) is 3. The van der Waals surface area contributed by atoms with E-state index in [9.17, 15) is 4.39 Å². The molecular formula is C18H16FN3. The Morgan fingerprint density at radius 1 is 1.05 bits per heavy atom. The average Bonchev–Trinajstić information content (AvgIpc) is 3.04. The monoisotopic (exact) mass is 293 g/mol. The molecule has 1 unspecified atom stereocenters. The maximum absolute atomic E-state index is 13.6. The number of halogens is 1. The van der Waals surface area contributed by atoms with Gasteiger partial charge in [0.1, 0.15) is 18.0 Å². The summed E-state index contributed by atoms with van der Waals surface area (Å²) in [6, 6.07) is 15.4. The Morgan fingerprint density at radius 3 is 2.77 bits per heavy atom. The van der Waals surface area contributed by atoms with E-state index < -0.39 is 0 Å². The molecular weight excluding hydrogens is 277 g/mol. The summed E-state index contributed by atoms with van der Waals surface area (Å²) in [5.41, 5.74) is 2.06. The van der Waals surface area contributed by atoms with Crippen molar-refractivity contribution < 1.29 is 4.39 Å². The highest BCUT2D eigenvalue weighted by Crippen LogP contribution is 2.37. The van der Waals surface area contributed by atoms with Gasteiger partial charge in [0.25, 0.3) is 0 Å². The molecule has 3 aromatic rings. The molecule has 0 amide bonds. The third-order valence-electron chi connectivity index (χ3n) is 4.29. The fourth-order valence-electron chi connectivity index (χ4n) is 3.29. The van der Waals surface area contributed by atoms with E-state index in [-0.39, 0.29) is 5.82 Å². The number of nitrogens with zero attached hydrogens (tertiary/aromatic N) is 3. The van der Waals surface area contributed by atoms with E-state index in [0.717, 1.165) is 36.1 Å². The molecule has 1 saturated heterocycles. The Bertz CT molecular complexity index is 804. The van der Waals surface area contributed by atoms with Gasteiger partial charge < -0.3 is 4.90 Å². The van der Waals surface area contributed by atoms with E-state index in [0.29, 0.717) is 6.04 Å². The summed E-state index contributed by atoms with van der Waals surface area (Å²) in [5, 5.41) is 0.783. The quantitative estimate of drug-likeness (QED) is 0.712. The Hall–Kier alpha value is -2.49. The van der Waals surface area contributed by atoms with Gasteiger partial charge in [-0.3, -0.25) is 0 Å². The van der Waals surface area contributed by atoms with Crippen LogP contribution in [-0.2, 0) is 0 Å². The Morgan fingerprint density at radius 2 is 1.91 bits per heavy atom. The molecule has 110 valence electrons. The van der Waals surface area contributed by atoms with Gasteiger partial charge in [-0.2, -0.15) is 0 Å². The third kappa shape index (κ3) is 2.21. The molecule has 1 atom stereocenters. The van der Waals surface area contributed by atoms with E-state index in [2.05, 4.69) is 39.1 Å². The van der Waals surface area contributed by atoms with Crippen LogP contribution in [0.5, 0.6) is 0 Å². The van der Waals surface area contributed by atoms with Gasteiger partial charge in [0, 0.05) is 11.9 Å². The summed E-state index contributed by atoms with van der Waals surface area (Å²) in [6.45, 7) is 0.933. The van der Waals surface area contributed by atoms with Crippen molar-refractivity contribution in [2.45, 2.75) is 18.9 Å². The van der Waals surface area contributed by atoms with Crippen molar-refractivity contribution in [1.82, 2.24) is 9.97 Å². The molecule has 2 aromatic carbocycles. The lowest BCUT2D eigenvalue weighted by Crippen LogP contribution is -2.23. The molecule has 1 fully saturated rings. The molecule has 0 saturated carbocycles. The molecule has 4 rings (SSSR count). The van der Waals surface area contributed by atoms with E-state index >= 15 is 0 Å². The van der Waals surface area contributed by atoms with Gasteiger partial charge in [-0.15, -0.1) is 0 Å². The SMILES string of the molecule is Fc1ccc2ncnc(N3CCCC3c3ccccc3)c2c1. The van der Waals surface area contributed by atoms with Crippen LogP contribution in [0.15, 0.2) is 54.9 Å².